The fraction of sp³-hybridized carbons (Fsp3) is 0.300. The summed E-state index contributed by atoms with van der Waals surface area (Å²) in [5.41, 5.74) is 0.231. The van der Waals surface area contributed by atoms with Crippen molar-refractivity contribution in [2.75, 3.05) is 13.2 Å². The van der Waals surface area contributed by atoms with Gasteiger partial charge < -0.3 is 13.5 Å². The number of rotatable bonds is 8. The summed E-state index contributed by atoms with van der Waals surface area (Å²) in [5, 5.41) is 0.812. The van der Waals surface area contributed by atoms with Crippen LogP contribution in [0, 0.1) is 11.6 Å². The summed E-state index contributed by atoms with van der Waals surface area (Å²) in [5.74, 6) is -1.53. The zero-order valence-electron chi connectivity index (χ0n) is 15.5. The largest absolute Gasteiger partial charge is 0.459 e. The van der Waals surface area contributed by atoms with Crippen LogP contribution in [0.4, 0.5) is 8.78 Å². The number of halogens is 3. The highest BCUT2D eigenvalue weighted by Gasteiger charge is 2.41. The lowest BCUT2D eigenvalue weighted by Crippen LogP contribution is -2.10. The minimum atomic E-state index is -3.67. The quantitative estimate of drug-likeness (QED) is 0.330. The number of para-hydroxylation sites is 1. The summed E-state index contributed by atoms with van der Waals surface area (Å²) in [4.78, 5) is 0. The second-order valence-corrected chi connectivity index (χ2v) is 9.13. The topological polar surface area (TPSA) is 48.7 Å². The molecule has 0 saturated heterocycles. The van der Waals surface area contributed by atoms with E-state index >= 15 is 0 Å². The molecule has 0 amide bonds. The van der Waals surface area contributed by atoms with Crippen LogP contribution in [0.2, 0.25) is 0 Å². The van der Waals surface area contributed by atoms with E-state index in [-0.39, 0.29) is 19.6 Å². The van der Waals surface area contributed by atoms with Gasteiger partial charge in [-0.3, -0.25) is 4.57 Å². The van der Waals surface area contributed by atoms with E-state index in [1.807, 2.05) is 18.2 Å². The third-order valence-corrected chi connectivity index (χ3v) is 7.51. The molecule has 0 bridgehead atoms. The van der Waals surface area contributed by atoms with Gasteiger partial charge in [0.05, 0.1) is 17.7 Å². The molecule has 8 heteroatoms. The minimum absolute atomic E-state index is 0.0902. The molecule has 1 atom stereocenters. The average Bonchev–Trinajstić information content (AvgIpc) is 2.99. The van der Waals surface area contributed by atoms with Gasteiger partial charge >= 0.3 is 7.60 Å². The van der Waals surface area contributed by atoms with Gasteiger partial charge in [0.2, 0.25) is 0 Å². The van der Waals surface area contributed by atoms with Crippen LogP contribution in [0.3, 0.4) is 0 Å². The van der Waals surface area contributed by atoms with Crippen molar-refractivity contribution in [2.45, 2.75) is 25.9 Å². The molecule has 3 rings (SSSR count). The minimum Gasteiger partial charge on any atom is -0.459 e. The Morgan fingerprint density at radius 2 is 1.75 bits per heavy atom. The Bertz CT molecular complexity index is 1010. The Morgan fingerprint density at radius 3 is 2.36 bits per heavy atom. The van der Waals surface area contributed by atoms with Crippen molar-refractivity contribution in [3.8, 4) is 0 Å². The summed E-state index contributed by atoms with van der Waals surface area (Å²) < 4.78 is 58.4. The molecule has 0 aliphatic rings. The Kier molecular flexibility index (Phi) is 6.71. The monoisotopic (exact) mass is 472 g/mol. The normalized spacial score (nSPS) is 13.2. The lowest BCUT2D eigenvalue weighted by atomic mass is 10.1. The highest BCUT2D eigenvalue weighted by Crippen LogP contribution is 2.63. The first-order valence-electron chi connectivity index (χ1n) is 8.89. The van der Waals surface area contributed by atoms with Gasteiger partial charge in [-0.15, -0.1) is 0 Å². The number of hydrogen-bond donors (Lipinski definition) is 0. The molecule has 0 aliphatic carbocycles. The molecule has 1 aromatic heterocycles. The summed E-state index contributed by atoms with van der Waals surface area (Å²) >= 11 is 3.53. The Labute approximate surface area is 170 Å². The molecule has 1 heterocycles. The van der Waals surface area contributed by atoms with Crippen molar-refractivity contribution < 1.29 is 26.8 Å². The first kappa shape index (κ1) is 21.2. The third-order valence-electron chi connectivity index (χ3n) is 4.28. The fourth-order valence-corrected chi connectivity index (χ4v) is 5.98. The number of benzene rings is 2. The molecule has 4 nitrogen and oxygen atoms in total. The molecule has 0 N–H and O–H groups in total. The number of fused-ring (bicyclic) bond motifs is 1. The molecule has 0 aliphatic heterocycles. The van der Waals surface area contributed by atoms with E-state index in [2.05, 4.69) is 15.9 Å². The maximum atomic E-state index is 13.7. The smallest absolute Gasteiger partial charge is 0.341 e. The van der Waals surface area contributed by atoms with Crippen LogP contribution in [0.25, 0.3) is 11.0 Å². The Morgan fingerprint density at radius 1 is 1.07 bits per heavy atom. The fourth-order valence-electron chi connectivity index (χ4n) is 3.06. The summed E-state index contributed by atoms with van der Waals surface area (Å²) in [7, 11) is -3.67. The number of hydrogen-bond acceptors (Lipinski definition) is 4. The highest BCUT2D eigenvalue weighted by atomic mass is 79.9. The summed E-state index contributed by atoms with van der Waals surface area (Å²) in [6.45, 7) is 3.77. The predicted molar refractivity (Wildman–Crippen MR) is 108 cm³/mol. The van der Waals surface area contributed by atoms with Gasteiger partial charge in [0.1, 0.15) is 17.0 Å². The zero-order valence-corrected chi connectivity index (χ0v) is 17.9. The average molecular weight is 473 g/mol. The van der Waals surface area contributed by atoms with Crippen molar-refractivity contribution in [1.82, 2.24) is 0 Å². The van der Waals surface area contributed by atoms with Crippen LogP contribution in [0.15, 0.2) is 51.4 Å². The van der Waals surface area contributed by atoms with Gasteiger partial charge in [-0.05, 0) is 66.0 Å². The zero-order chi connectivity index (χ0) is 20.3. The SMILES string of the molecule is CCOP(=O)(OCC)C(Cc1ccc(F)c(F)c1)c1oc2ccccc2c1Br. The van der Waals surface area contributed by atoms with E-state index < -0.39 is 24.9 Å². The van der Waals surface area contributed by atoms with Gasteiger partial charge in [-0.25, -0.2) is 8.78 Å². The first-order chi connectivity index (χ1) is 13.4. The van der Waals surface area contributed by atoms with Gasteiger partial charge in [0, 0.05) is 5.39 Å². The van der Waals surface area contributed by atoms with E-state index in [9.17, 15) is 13.3 Å². The second kappa shape index (κ2) is 8.87. The molecule has 0 fully saturated rings. The van der Waals surface area contributed by atoms with Crippen LogP contribution in [-0.4, -0.2) is 13.2 Å². The lowest BCUT2D eigenvalue weighted by molar-refractivity contribution is 0.209. The van der Waals surface area contributed by atoms with Gasteiger partial charge in [0.15, 0.2) is 11.6 Å². The Balaban J connectivity index is 2.13. The molecular weight excluding hydrogens is 453 g/mol. The van der Waals surface area contributed by atoms with Gasteiger partial charge in [-0.1, -0.05) is 18.2 Å². The van der Waals surface area contributed by atoms with E-state index in [0.717, 1.165) is 17.5 Å². The van der Waals surface area contributed by atoms with Crippen molar-refractivity contribution in [3.63, 3.8) is 0 Å². The predicted octanol–water partition coefficient (Wildman–Crippen LogP) is 7.02. The van der Waals surface area contributed by atoms with Gasteiger partial charge in [0.25, 0.3) is 0 Å². The maximum absolute atomic E-state index is 13.7. The molecule has 3 aromatic rings. The standard InChI is InChI=1S/C20H20BrF2O4P/c1-3-25-28(24,26-4-2)18(12-13-9-10-15(22)16(23)11-13)20-19(21)14-7-5-6-8-17(14)27-20/h5-11,18H,3-4,12H2,1-2H3. The van der Waals surface area contributed by atoms with E-state index in [1.54, 1.807) is 19.9 Å². The van der Waals surface area contributed by atoms with Crippen LogP contribution in [-0.2, 0) is 20.0 Å². The first-order valence-corrected chi connectivity index (χ1v) is 11.3. The van der Waals surface area contributed by atoms with Crippen molar-refractivity contribution >= 4 is 34.5 Å². The molecule has 0 saturated carbocycles. The molecule has 0 spiro atoms. The van der Waals surface area contributed by atoms with E-state index in [4.69, 9.17) is 13.5 Å². The van der Waals surface area contributed by atoms with E-state index in [0.29, 0.717) is 21.4 Å². The third kappa shape index (κ3) is 4.23. The lowest BCUT2D eigenvalue weighted by Gasteiger charge is -2.25. The van der Waals surface area contributed by atoms with Crippen molar-refractivity contribution in [2.24, 2.45) is 0 Å². The summed E-state index contributed by atoms with van der Waals surface area (Å²) in [6, 6.07) is 10.9. The van der Waals surface area contributed by atoms with Crippen LogP contribution in [0.5, 0.6) is 0 Å². The van der Waals surface area contributed by atoms with Crippen molar-refractivity contribution in [1.29, 1.82) is 0 Å². The van der Waals surface area contributed by atoms with Crippen LogP contribution < -0.4 is 0 Å². The van der Waals surface area contributed by atoms with Gasteiger partial charge in [-0.2, -0.15) is 0 Å². The molecule has 28 heavy (non-hydrogen) atoms. The molecular formula is C20H20BrF2O4P. The van der Waals surface area contributed by atoms with Crippen molar-refractivity contribution in [3.05, 3.63) is 69.9 Å². The van der Waals surface area contributed by atoms with E-state index in [1.165, 1.54) is 6.07 Å². The molecule has 0 radical (unpaired) electrons. The molecule has 2 aromatic carbocycles. The van der Waals surface area contributed by atoms with Crippen LogP contribution in [0.1, 0.15) is 30.8 Å². The van der Waals surface area contributed by atoms with Crippen LogP contribution >= 0.6 is 23.5 Å². The maximum Gasteiger partial charge on any atom is 0.341 e. The molecule has 150 valence electrons. The highest BCUT2D eigenvalue weighted by molar-refractivity contribution is 9.10. The Hall–Kier alpha value is -1.53. The second-order valence-electron chi connectivity index (χ2n) is 6.12. The summed E-state index contributed by atoms with van der Waals surface area (Å²) in [6.07, 6.45) is 0.0902. The number of furan rings is 1. The molecule has 1 unspecified atom stereocenters.